The van der Waals surface area contributed by atoms with Gasteiger partial charge in [0.1, 0.15) is 0 Å². The molecule has 1 aliphatic rings. The molecule has 18 heavy (non-hydrogen) atoms. The molecule has 1 aromatic rings. The minimum absolute atomic E-state index is 0.0524. The molecule has 0 radical (unpaired) electrons. The number of morpholine rings is 1. The molecule has 1 fully saturated rings. The predicted octanol–water partition coefficient (Wildman–Crippen LogP) is 2.11. The van der Waals surface area contributed by atoms with Gasteiger partial charge in [-0.1, -0.05) is 17.7 Å². The van der Waals surface area contributed by atoms with Crippen LogP contribution >= 0.6 is 0 Å². The van der Waals surface area contributed by atoms with E-state index in [0.29, 0.717) is 6.54 Å². The summed E-state index contributed by atoms with van der Waals surface area (Å²) in [5.74, 6) is 0. The van der Waals surface area contributed by atoms with E-state index in [0.717, 1.165) is 26.2 Å². The molecular formula is C15H24N2O. The lowest BCUT2D eigenvalue weighted by Crippen LogP contribution is -2.53. The Kier molecular flexibility index (Phi) is 3.93. The van der Waals surface area contributed by atoms with Crippen molar-refractivity contribution >= 4 is 5.69 Å². The van der Waals surface area contributed by atoms with Crippen LogP contribution in [0.15, 0.2) is 18.2 Å². The number of anilines is 1. The fourth-order valence-corrected chi connectivity index (χ4v) is 2.64. The van der Waals surface area contributed by atoms with Crippen LogP contribution in [-0.2, 0) is 11.2 Å². The highest BCUT2D eigenvalue weighted by molar-refractivity contribution is 5.57. The van der Waals surface area contributed by atoms with Gasteiger partial charge in [0.15, 0.2) is 0 Å². The normalized spacial score (nSPS) is 19.0. The van der Waals surface area contributed by atoms with E-state index in [-0.39, 0.29) is 5.54 Å². The fraction of sp³-hybridized carbons (Fsp3) is 0.600. The average Bonchev–Trinajstić information content (AvgIpc) is 2.30. The van der Waals surface area contributed by atoms with Crippen LogP contribution in [0.3, 0.4) is 0 Å². The Balaban J connectivity index is 2.36. The van der Waals surface area contributed by atoms with Crippen molar-refractivity contribution in [1.82, 2.24) is 0 Å². The Hall–Kier alpha value is -1.06. The minimum Gasteiger partial charge on any atom is -0.377 e. The number of aryl methyl sites for hydroxylation is 1. The molecule has 2 N–H and O–H groups in total. The van der Waals surface area contributed by atoms with Crippen LogP contribution in [0, 0.1) is 6.92 Å². The van der Waals surface area contributed by atoms with E-state index in [1.54, 1.807) is 0 Å². The molecule has 3 heteroatoms. The molecular weight excluding hydrogens is 224 g/mol. The van der Waals surface area contributed by atoms with E-state index in [1.807, 2.05) is 0 Å². The van der Waals surface area contributed by atoms with Gasteiger partial charge in [-0.3, -0.25) is 0 Å². The third-order valence-corrected chi connectivity index (χ3v) is 3.58. The number of rotatable bonds is 3. The first-order valence-corrected chi connectivity index (χ1v) is 6.69. The number of nitrogens with two attached hydrogens (primary N) is 1. The molecule has 100 valence electrons. The SMILES string of the molecule is Cc1ccc(N2CCOCC2(C)C)c(CCN)c1. The van der Waals surface area contributed by atoms with Crippen LogP contribution in [0.25, 0.3) is 0 Å². The molecule has 0 amide bonds. The van der Waals surface area contributed by atoms with Gasteiger partial charge in [-0.15, -0.1) is 0 Å². The van der Waals surface area contributed by atoms with Crippen LogP contribution in [0.5, 0.6) is 0 Å². The number of ether oxygens (including phenoxy) is 1. The molecule has 2 rings (SSSR count). The summed E-state index contributed by atoms with van der Waals surface area (Å²) < 4.78 is 5.59. The molecule has 0 atom stereocenters. The number of benzene rings is 1. The maximum Gasteiger partial charge on any atom is 0.0694 e. The summed E-state index contributed by atoms with van der Waals surface area (Å²) in [5, 5.41) is 0. The van der Waals surface area contributed by atoms with E-state index in [4.69, 9.17) is 10.5 Å². The maximum absolute atomic E-state index is 5.73. The maximum atomic E-state index is 5.73. The molecule has 0 spiro atoms. The highest BCUT2D eigenvalue weighted by atomic mass is 16.5. The van der Waals surface area contributed by atoms with Crippen LogP contribution < -0.4 is 10.6 Å². The van der Waals surface area contributed by atoms with Crippen molar-refractivity contribution in [3.05, 3.63) is 29.3 Å². The zero-order valence-electron chi connectivity index (χ0n) is 11.7. The van der Waals surface area contributed by atoms with Crippen molar-refractivity contribution < 1.29 is 4.74 Å². The van der Waals surface area contributed by atoms with Gasteiger partial charge in [-0.2, -0.15) is 0 Å². The summed E-state index contributed by atoms with van der Waals surface area (Å²) in [6.45, 7) is 9.84. The highest BCUT2D eigenvalue weighted by Gasteiger charge is 2.31. The van der Waals surface area contributed by atoms with Crippen molar-refractivity contribution in [2.24, 2.45) is 5.73 Å². The highest BCUT2D eigenvalue weighted by Crippen LogP contribution is 2.30. The molecule has 3 nitrogen and oxygen atoms in total. The molecule has 0 unspecified atom stereocenters. The lowest BCUT2D eigenvalue weighted by Gasteiger charge is -2.44. The van der Waals surface area contributed by atoms with E-state index >= 15 is 0 Å². The van der Waals surface area contributed by atoms with Gasteiger partial charge in [0, 0.05) is 12.2 Å². The van der Waals surface area contributed by atoms with Crippen molar-refractivity contribution in [1.29, 1.82) is 0 Å². The molecule has 0 bridgehead atoms. The van der Waals surface area contributed by atoms with E-state index in [9.17, 15) is 0 Å². The van der Waals surface area contributed by atoms with Gasteiger partial charge >= 0.3 is 0 Å². The first-order valence-electron chi connectivity index (χ1n) is 6.69. The van der Waals surface area contributed by atoms with E-state index in [1.165, 1.54) is 16.8 Å². The monoisotopic (exact) mass is 248 g/mol. The Morgan fingerprint density at radius 1 is 1.39 bits per heavy atom. The predicted molar refractivity (Wildman–Crippen MR) is 76.2 cm³/mol. The average molecular weight is 248 g/mol. The van der Waals surface area contributed by atoms with Crippen LogP contribution in [-0.4, -0.2) is 31.8 Å². The summed E-state index contributed by atoms with van der Waals surface area (Å²) in [5.41, 5.74) is 9.76. The molecule has 0 aromatic heterocycles. The second-order valence-corrected chi connectivity index (χ2v) is 5.69. The lowest BCUT2D eigenvalue weighted by molar-refractivity contribution is 0.0643. The fourth-order valence-electron chi connectivity index (χ4n) is 2.64. The summed E-state index contributed by atoms with van der Waals surface area (Å²) in [6.07, 6.45) is 0.935. The molecule has 0 saturated carbocycles. The molecule has 0 aliphatic carbocycles. The van der Waals surface area contributed by atoms with Gasteiger partial charge in [-0.25, -0.2) is 0 Å². The van der Waals surface area contributed by atoms with Gasteiger partial charge < -0.3 is 15.4 Å². The number of nitrogens with zero attached hydrogens (tertiary/aromatic N) is 1. The quantitative estimate of drug-likeness (QED) is 0.890. The first-order chi connectivity index (χ1) is 8.54. The van der Waals surface area contributed by atoms with Crippen molar-refractivity contribution in [3.63, 3.8) is 0 Å². The topological polar surface area (TPSA) is 38.5 Å². The smallest absolute Gasteiger partial charge is 0.0694 e. The largest absolute Gasteiger partial charge is 0.377 e. The molecule has 1 heterocycles. The zero-order chi connectivity index (χ0) is 13.2. The number of hydrogen-bond acceptors (Lipinski definition) is 3. The second kappa shape index (κ2) is 5.29. The third-order valence-electron chi connectivity index (χ3n) is 3.58. The van der Waals surface area contributed by atoms with Crippen molar-refractivity contribution in [3.8, 4) is 0 Å². The lowest BCUT2D eigenvalue weighted by atomic mass is 9.97. The van der Waals surface area contributed by atoms with Gasteiger partial charge in [-0.05, 0) is 45.4 Å². The van der Waals surface area contributed by atoms with Gasteiger partial charge in [0.2, 0.25) is 0 Å². The summed E-state index contributed by atoms with van der Waals surface area (Å²) >= 11 is 0. The third kappa shape index (κ3) is 2.68. The second-order valence-electron chi connectivity index (χ2n) is 5.69. The van der Waals surface area contributed by atoms with Crippen molar-refractivity contribution in [2.45, 2.75) is 32.7 Å². The Morgan fingerprint density at radius 2 is 2.17 bits per heavy atom. The summed E-state index contributed by atoms with van der Waals surface area (Å²) in [6, 6.07) is 6.67. The first kappa shape index (κ1) is 13.4. The Bertz CT molecular complexity index is 415. The number of hydrogen-bond donors (Lipinski definition) is 1. The van der Waals surface area contributed by atoms with Crippen LogP contribution in [0.2, 0.25) is 0 Å². The Morgan fingerprint density at radius 3 is 2.83 bits per heavy atom. The van der Waals surface area contributed by atoms with E-state index < -0.39 is 0 Å². The molecule has 1 aliphatic heterocycles. The van der Waals surface area contributed by atoms with Crippen LogP contribution in [0.1, 0.15) is 25.0 Å². The minimum atomic E-state index is 0.0524. The standard InChI is InChI=1S/C15H24N2O/c1-12-4-5-14(13(10-12)6-7-16)17-8-9-18-11-15(17,2)3/h4-5,10H,6-9,11,16H2,1-3H3. The van der Waals surface area contributed by atoms with E-state index in [2.05, 4.69) is 43.9 Å². The summed E-state index contributed by atoms with van der Waals surface area (Å²) in [7, 11) is 0. The zero-order valence-corrected chi connectivity index (χ0v) is 11.7. The van der Waals surface area contributed by atoms with Gasteiger partial charge in [0.25, 0.3) is 0 Å². The molecule has 1 saturated heterocycles. The summed E-state index contributed by atoms with van der Waals surface area (Å²) in [4.78, 5) is 2.46. The van der Waals surface area contributed by atoms with Crippen molar-refractivity contribution in [2.75, 3.05) is 31.2 Å². The molecule has 1 aromatic carbocycles. The van der Waals surface area contributed by atoms with Gasteiger partial charge in [0.05, 0.1) is 18.8 Å². The van der Waals surface area contributed by atoms with Crippen LogP contribution in [0.4, 0.5) is 5.69 Å². The Labute approximate surface area is 110 Å².